The average Bonchev–Trinajstić information content (AvgIpc) is 2.51. The monoisotopic (exact) mass is 237 g/mol. The summed E-state index contributed by atoms with van der Waals surface area (Å²) in [4.78, 5) is 16.5. The van der Waals surface area contributed by atoms with E-state index >= 15 is 0 Å². The zero-order valence-electron chi connectivity index (χ0n) is 11.1. The summed E-state index contributed by atoms with van der Waals surface area (Å²) in [6, 6.07) is 2.38. The van der Waals surface area contributed by atoms with Gasteiger partial charge in [0, 0.05) is 19.1 Å². The summed E-state index contributed by atoms with van der Waals surface area (Å²) in [5, 5.41) is 9.00. The predicted octanol–water partition coefficient (Wildman–Crippen LogP) is 1.48. The molecule has 0 aliphatic carbocycles. The van der Waals surface area contributed by atoms with Crippen molar-refractivity contribution < 1.29 is 4.79 Å². The molecular weight excluding hydrogens is 214 g/mol. The summed E-state index contributed by atoms with van der Waals surface area (Å²) in [7, 11) is 2.10. The van der Waals surface area contributed by atoms with Crippen LogP contribution in [0.2, 0.25) is 0 Å². The third kappa shape index (κ3) is 3.44. The van der Waals surface area contributed by atoms with Gasteiger partial charge in [-0.25, -0.2) is 0 Å². The van der Waals surface area contributed by atoms with Gasteiger partial charge in [0.05, 0.1) is 6.07 Å². The van der Waals surface area contributed by atoms with Crippen LogP contribution in [-0.2, 0) is 4.79 Å². The van der Waals surface area contributed by atoms with Gasteiger partial charge >= 0.3 is 0 Å². The maximum atomic E-state index is 12.3. The second-order valence-electron chi connectivity index (χ2n) is 4.80. The molecule has 0 aromatic heterocycles. The van der Waals surface area contributed by atoms with Gasteiger partial charge in [-0.05, 0) is 32.9 Å². The lowest BCUT2D eigenvalue weighted by molar-refractivity contribution is -0.136. The second kappa shape index (κ2) is 6.61. The Kier molecular flexibility index (Phi) is 5.43. The molecule has 0 aromatic rings. The van der Waals surface area contributed by atoms with Crippen LogP contribution in [-0.4, -0.2) is 48.4 Å². The van der Waals surface area contributed by atoms with Crippen LogP contribution in [0.15, 0.2) is 0 Å². The summed E-state index contributed by atoms with van der Waals surface area (Å²) in [5.41, 5.74) is 0. The highest BCUT2D eigenvalue weighted by Crippen LogP contribution is 2.16. The van der Waals surface area contributed by atoms with Gasteiger partial charge in [0.2, 0.25) is 5.91 Å². The van der Waals surface area contributed by atoms with Crippen molar-refractivity contribution >= 4 is 5.91 Å². The first-order valence-electron chi connectivity index (χ1n) is 6.52. The topological polar surface area (TPSA) is 47.3 Å². The van der Waals surface area contributed by atoms with Crippen molar-refractivity contribution in [1.29, 1.82) is 5.26 Å². The van der Waals surface area contributed by atoms with Crippen molar-refractivity contribution in [3.63, 3.8) is 0 Å². The van der Waals surface area contributed by atoms with Gasteiger partial charge in [0.15, 0.2) is 0 Å². The number of hydrogen-bond donors (Lipinski definition) is 0. The van der Waals surface area contributed by atoms with E-state index in [2.05, 4.69) is 24.9 Å². The maximum Gasteiger partial charge on any atom is 0.240 e. The van der Waals surface area contributed by atoms with Crippen LogP contribution < -0.4 is 0 Å². The molecule has 2 unspecified atom stereocenters. The SMILES string of the molecule is CCC(C#N)C(=O)N1CCCN(C)CC1CC. The highest BCUT2D eigenvalue weighted by molar-refractivity contribution is 5.81. The van der Waals surface area contributed by atoms with Crippen molar-refractivity contribution in [2.45, 2.75) is 39.2 Å². The molecule has 1 fully saturated rings. The fraction of sp³-hybridized carbons (Fsp3) is 0.846. The van der Waals surface area contributed by atoms with Crippen LogP contribution in [0.3, 0.4) is 0 Å². The number of rotatable bonds is 3. The molecule has 0 N–H and O–H groups in total. The minimum Gasteiger partial charge on any atom is -0.337 e. The predicted molar refractivity (Wildman–Crippen MR) is 67.3 cm³/mol. The molecule has 2 atom stereocenters. The Hall–Kier alpha value is -1.08. The highest BCUT2D eigenvalue weighted by Gasteiger charge is 2.29. The second-order valence-corrected chi connectivity index (χ2v) is 4.80. The Morgan fingerprint density at radius 2 is 2.18 bits per heavy atom. The Balaban J connectivity index is 2.78. The number of nitrogens with zero attached hydrogens (tertiary/aromatic N) is 3. The normalized spacial score (nSPS) is 23.9. The minimum absolute atomic E-state index is 0.0251. The zero-order valence-corrected chi connectivity index (χ0v) is 11.1. The molecule has 1 saturated heterocycles. The lowest BCUT2D eigenvalue weighted by atomic mass is 10.0. The van der Waals surface area contributed by atoms with Gasteiger partial charge < -0.3 is 9.80 Å². The van der Waals surface area contributed by atoms with E-state index in [1.807, 2.05) is 11.8 Å². The number of hydrogen-bond acceptors (Lipinski definition) is 3. The molecule has 0 saturated carbocycles. The van der Waals surface area contributed by atoms with Crippen molar-refractivity contribution in [2.24, 2.45) is 5.92 Å². The summed E-state index contributed by atoms with van der Waals surface area (Å²) in [6.07, 6.45) is 2.57. The molecule has 1 heterocycles. The number of carbonyl (C=O) groups is 1. The molecule has 0 aromatic carbocycles. The maximum absolute atomic E-state index is 12.3. The van der Waals surface area contributed by atoms with Crippen LogP contribution in [0, 0.1) is 17.2 Å². The van der Waals surface area contributed by atoms with Crippen LogP contribution in [0.1, 0.15) is 33.1 Å². The Morgan fingerprint density at radius 3 is 2.71 bits per heavy atom. The molecule has 4 nitrogen and oxygen atoms in total. The summed E-state index contributed by atoms with van der Waals surface area (Å²) < 4.78 is 0. The Morgan fingerprint density at radius 1 is 1.47 bits per heavy atom. The first-order valence-corrected chi connectivity index (χ1v) is 6.52. The van der Waals surface area contributed by atoms with E-state index in [1.54, 1.807) is 0 Å². The zero-order chi connectivity index (χ0) is 12.8. The number of carbonyl (C=O) groups excluding carboxylic acids is 1. The molecule has 0 spiro atoms. The molecule has 1 aliphatic rings. The van der Waals surface area contributed by atoms with E-state index in [1.165, 1.54) is 0 Å². The highest BCUT2D eigenvalue weighted by atomic mass is 16.2. The van der Waals surface area contributed by atoms with Crippen molar-refractivity contribution in [3.05, 3.63) is 0 Å². The molecule has 0 bridgehead atoms. The molecule has 1 amide bonds. The summed E-state index contributed by atoms with van der Waals surface area (Å²) in [6.45, 7) is 6.75. The van der Waals surface area contributed by atoms with Gasteiger partial charge in [-0.15, -0.1) is 0 Å². The van der Waals surface area contributed by atoms with E-state index in [0.29, 0.717) is 6.42 Å². The van der Waals surface area contributed by atoms with Crippen molar-refractivity contribution in [1.82, 2.24) is 9.80 Å². The third-order valence-corrected chi connectivity index (χ3v) is 3.52. The third-order valence-electron chi connectivity index (χ3n) is 3.52. The standard InChI is InChI=1S/C13H23N3O/c1-4-11(9-14)13(17)16-8-6-7-15(3)10-12(16)5-2/h11-12H,4-8,10H2,1-3H3. The number of amides is 1. The summed E-state index contributed by atoms with van der Waals surface area (Å²) >= 11 is 0. The lowest BCUT2D eigenvalue weighted by Crippen LogP contribution is -2.45. The van der Waals surface area contributed by atoms with E-state index < -0.39 is 5.92 Å². The molecule has 1 rings (SSSR count). The van der Waals surface area contributed by atoms with Gasteiger partial charge in [0.25, 0.3) is 0 Å². The fourth-order valence-electron chi connectivity index (χ4n) is 2.40. The molecule has 1 aliphatic heterocycles. The molecule has 96 valence electrons. The van der Waals surface area contributed by atoms with Gasteiger partial charge in [-0.1, -0.05) is 13.8 Å². The van der Waals surface area contributed by atoms with Crippen molar-refractivity contribution in [3.8, 4) is 6.07 Å². The van der Waals surface area contributed by atoms with E-state index in [4.69, 9.17) is 5.26 Å². The molecule has 17 heavy (non-hydrogen) atoms. The Labute approximate surface area is 104 Å². The molecule has 0 radical (unpaired) electrons. The van der Waals surface area contributed by atoms with E-state index in [-0.39, 0.29) is 11.9 Å². The minimum atomic E-state index is -0.465. The van der Waals surface area contributed by atoms with Crippen LogP contribution in [0.25, 0.3) is 0 Å². The number of nitriles is 1. The average molecular weight is 237 g/mol. The quantitative estimate of drug-likeness (QED) is 0.747. The smallest absolute Gasteiger partial charge is 0.240 e. The van der Waals surface area contributed by atoms with E-state index in [0.717, 1.165) is 32.5 Å². The lowest BCUT2D eigenvalue weighted by Gasteiger charge is -2.31. The summed E-state index contributed by atoms with van der Waals surface area (Å²) in [5.74, 6) is -0.440. The van der Waals surface area contributed by atoms with Crippen LogP contribution in [0.4, 0.5) is 0 Å². The fourth-order valence-corrected chi connectivity index (χ4v) is 2.40. The largest absolute Gasteiger partial charge is 0.337 e. The number of likely N-dealkylation sites (N-methyl/N-ethyl adjacent to an activating group) is 1. The Bertz CT molecular complexity index is 298. The first-order chi connectivity index (χ1) is 8.13. The van der Waals surface area contributed by atoms with Gasteiger partial charge in [-0.2, -0.15) is 5.26 Å². The van der Waals surface area contributed by atoms with Crippen LogP contribution in [0.5, 0.6) is 0 Å². The van der Waals surface area contributed by atoms with E-state index in [9.17, 15) is 4.79 Å². The molecular formula is C13H23N3O. The first kappa shape index (κ1) is 14.0. The van der Waals surface area contributed by atoms with Gasteiger partial charge in [0.1, 0.15) is 5.92 Å². The van der Waals surface area contributed by atoms with Crippen molar-refractivity contribution in [2.75, 3.05) is 26.7 Å². The molecule has 4 heteroatoms. The van der Waals surface area contributed by atoms with Gasteiger partial charge in [-0.3, -0.25) is 4.79 Å². The van der Waals surface area contributed by atoms with Crippen LogP contribution >= 0.6 is 0 Å².